The van der Waals surface area contributed by atoms with Crippen molar-refractivity contribution in [3.63, 3.8) is 0 Å². The lowest BCUT2D eigenvalue weighted by Gasteiger charge is -2.32. The van der Waals surface area contributed by atoms with Crippen LogP contribution in [-0.4, -0.2) is 40.1 Å². The summed E-state index contributed by atoms with van der Waals surface area (Å²) in [5, 5.41) is 4.88. The van der Waals surface area contributed by atoms with Crippen molar-refractivity contribution in [2.45, 2.75) is 174 Å². The van der Waals surface area contributed by atoms with Crippen LogP contribution in [0, 0.1) is 5.92 Å². The summed E-state index contributed by atoms with van der Waals surface area (Å²) in [4.78, 5) is 15.6. The van der Waals surface area contributed by atoms with E-state index in [1.165, 1.54) is 108 Å². The van der Waals surface area contributed by atoms with Gasteiger partial charge in [0.25, 0.3) is 0 Å². The molecule has 0 saturated carbocycles. The van der Waals surface area contributed by atoms with Crippen molar-refractivity contribution >= 4 is 5.78 Å². The molecule has 1 aromatic rings. The summed E-state index contributed by atoms with van der Waals surface area (Å²) in [5.74, 6) is 1.52. The van der Waals surface area contributed by atoms with Gasteiger partial charge in [-0.3, -0.25) is 9.48 Å². The molecular weight excluding hydrogens is 478 g/mol. The quantitative estimate of drug-likeness (QED) is 0.122. The highest BCUT2D eigenvalue weighted by Crippen LogP contribution is 2.30. The molecule has 1 atom stereocenters. The Kier molecular flexibility index (Phi) is 18.8. The molecular formula is C35H65N3O. The maximum atomic E-state index is 13.1. The third-order valence-corrected chi connectivity index (χ3v) is 9.28. The van der Waals surface area contributed by atoms with E-state index in [1.807, 2.05) is 0 Å². The van der Waals surface area contributed by atoms with Gasteiger partial charge >= 0.3 is 0 Å². The average Bonchev–Trinajstić information content (AvgIpc) is 3.45. The summed E-state index contributed by atoms with van der Waals surface area (Å²) in [6, 6.07) is 0.516. The van der Waals surface area contributed by atoms with Gasteiger partial charge in [0.2, 0.25) is 0 Å². The minimum absolute atomic E-state index is 0.306. The van der Waals surface area contributed by atoms with Crippen LogP contribution in [0.15, 0.2) is 12.4 Å². The zero-order valence-corrected chi connectivity index (χ0v) is 26.6. The van der Waals surface area contributed by atoms with Crippen LogP contribution in [0.3, 0.4) is 0 Å². The predicted octanol–water partition coefficient (Wildman–Crippen LogP) is 10.3. The molecule has 0 radical (unpaired) electrons. The second-order valence-electron chi connectivity index (χ2n) is 12.6. The maximum Gasteiger partial charge on any atom is 0.137 e. The van der Waals surface area contributed by atoms with Crippen molar-refractivity contribution < 1.29 is 4.79 Å². The van der Waals surface area contributed by atoms with Gasteiger partial charge in [-0.2, -0.15) is 5.10 Å². The van der Waals surface area contributed by atoms with E-state index in [2.05, 4.69) is 49.7 Å². The van der Waals surface area contributed by atoms with Crippen LogP contribution in [0.4, 0.5) is 0 Å². The van der Waals surface area contributed by atoms with Gasteiger partial charge in [-0.25, -0.2) is 0 Å². The molecule has 1 saturated heterocycles. The van der Waals surface area contributed by atoms with E-state index < -0.39 is 0 Å². The molecule has 4 nitrogen and oxygen atoms in total. The van der Waals surface area contributed by atoms with E-state index >= 15 is 0 Å². The van der Waals surface area contributed by atoms with Gasteiger partial charge < -0.3 is 4.90 Å². The van der Waals surface area contributed by atoms with Gasteiger partial charge in [0.05, 0.1) is 12.2 Å². The normalized spacial score (nSPS) is 15.8. The molecule has 2 rings (SSSR count). The van der Waals surface area contributed by atoms with Crippen molar-refractivity contribution in [1.82, 2.24) is 14.7 Å². The van der Waals surface area contributed by atoms with Crippen LogP contribution in [0.5, 0.6) is 0 Å². The number of carbonyl (C=O) groups is 1. The number of unbranched alkanes of at least 4 members (excludes halogenated alkanes) is 10. The monoisotopic (exact) mass is 544 g/mol. The number of Topliss-reactive ketones (excluding diaryl/α,β-unsaturated/α-hetero) is 1. The largest absolute Gasteiger partial charge is 0.303 e. The fourth-order valence-electron chi connectivity index (χ4n) is 6.50. The van der Waals surface area contributed by atoms with Crippen molar-refractivity contribution in [1.29, 1.82) is 0 Å². The molecule has 0 aliphatic carbocycles. The molecule has 1 aliphatic rings. The number of hydrogen-bond acceptors (Lipinski definition) is 3. The zero-order chi connectivity index (χ0) is 28.1. The highest BCUT2D eigenvalue weighted by atomic mass is 16.1. The maximum absolute atomic E-state index is 13.1. The summed E-state index contributed by atoms with van der Waals surface area (Å²) >= 11 is 0. The Hall–Kier alpha value is -1.16. The first-order valence-corrected chi connectivity index (χ1v) is 17.4. The van der Waals surface area contributed by atoms with Gasteiger partial charge in [0, 0.05) is 38.2 Å². The highest BCUT2D eigenvalue weighted by molar-refractivity contribution is 5.81. The standard InChI is InChI=1S/C35H65N3O/c1-5-9-13-14-18-20-31(19-15-10-6-2)33-29-36-38(30-33)34-23-26-37(27-24-34)28-25-35(39)32(21-16-11-7-3)22-17-12-8-4/h29-32,34H,5-28H2,1-4H3. The molecule has 39 heavy (non-hydrogen) atoms. The molecule has 1 aliphatic heterocycles. The topological polar surface area (TPSA) is 38.1 Å². The van der Waals surface area contributed by atoms with Gasteiger partial charge in [-0.05, 0) is 50.0 Å². The highest BCUT2D eigenvalue weighted by Gasteiger charge is 2.24. The number of carbonyl (C=O) groups excluding carboxylic acids is 1. The molecule has 0 bridgehead atoms. The lowest BCUT2D eigenvalue weighted by molar-refractivity contribution is -0.123. The third kappa shape index (κ3) is 13.8. The molecule has 0 spiro atoms. The van der Waals surface area contributed by atoms with Crippen molar-refractivity contribution in [3.8, 4) is 0 Å². The summed E-state index contributed by atoms with van der Waals surface area (Å²) < 4.78 is 2.29. The number of rotatable bonds is 24. The molecule has 2 heterocycles. The van der Waals surface area contributed by atoms with E-state index in [4.69, 9.17) is 5.10 Å². The molecule has 1 fully saturated rings. The Morgan fingerprint density at radius 3 is 1.87 bits per heavy atom. The first-order chi connectivity index (χ1) is 19.1. The van der Waals surface area contributed by atoms with Crippen LogP contribution in [0.1, 0.15) is 180 Å². The molecule has 0 N–H and O–H groups in total. The number of likely N-dealkylation sites (tertiary alicyclic amines) is 1. The molecule has 1 unspecified atom stereocenters. The van der Waals surface area contributed by atoms with Crippen LogP contribution >= 0.6 is 0 Å². The minimum atomic E-state index is 0.306. The molecule has 0 amide bonds. The number of nitrogens with zero attached hydrogens (tertiary/aromatic N) is 3. The molecule has 1 aromatic heterocycles. The lowest BCUT2D eigenvalue weighted by atomic mass is 9.89. The first-order valence-electron chi connectivity index (χ1n) is 17.4. The Morgan fingerprint density at radius 2 is 1.28 bits per heavy atom. The third-order valence-electron chi connectivity index (χ3n) is 9.28. The zero-order valence-electron chi connectivity index (χ0n) is 26.6. The summed E-state index contributed by atoms with van der Waals surface area (Å²) in [5.41, 5.74) is 1.48. The van der Waals surface area contributed by atoms with Crippen LogP contribution in [-0.2, 0) is 4.79 Å². The van der Waals surface area contributed by atoms with Gasteiger partial charge in [-0.1, -0.05) is 118 Å². The summed E-state index contributed by atoms with van der Waals surface area (Å²) in [7, 11) is 0. The Morgan fingerprint density at radius 1 is 0.769 bits per heavy atom. The fraction of sp³-hybridized carbons (Fsp3) is 0.886. The van der Waals surface area contributed by atoms with E-state index in [0.717, 1.165) is 51.7 Å². The Balaban J connectivity index is 1.80. The molecule has 0 aromatic carbocycles. The van der Waals surface area contributed by atoms with Crippen molar-refractivity contribution in [2.24, 2.45) is 5.92 Å². The van der Waals surface area contributed by atoms with Gasteiger partial charge in [0.1, 0.15) is 5.78 Å². The molecule has 226 valence electrons. The van der Waals surface area contributed by atoms with E-state index in [0.29, 0.717) is 23.7 Å². The second-order valence-corrected chi connectivity index (χ2v) is 12.6. The number of piperidine rings is 1. The fourth-order valence-corrected chi connectivity index (χ4v) is 6.50. The first kappa shape index (κ1) is 34.0. The average molecular weight is 544 g/mol. The van der Waals surface area contributed by atoms with E-state index in [-0.39, 0.29) is 0 Å². The SMILES string of the molecule is CCCCCCCC(CCCCC)c1cnn(C2CCN(CCC(=O)C(CCCCC)CCCCC)CC2)c1. The van der Waals surface area contributed by atoms with Gasteiger partial charge in [0.15, 0.2) is 0 Å². The van der Waals surface area contributed by atoms with Crippen molar-refractivity contribution in [3.05, 3.63) is 18.0 Å². The molecule has 4 heteroatoms. The smallest absolute Gasteiger partial charge is 0.137 e. The number of ketones is 1. The predicted molar refractivity (Wildman–Crippen MR) is 169 cm³/mol. The summed E-state index contributed by atoms with van der Waals surface area (Å²) in [6.07, 6.45) is 30.7. The minimum Gasteiger partial charge on any atom is -0.303 e. The van der Waals surface area contributed by atoms with E-state index in [9.17, 15) is 4.79 Å². The van der Waals surface area contributed by atoms with E-state index in [1.54, 1.807) is 0 Å². The lowest BCUT2D eigenvalue weighted by Crippen LogP contribution is -2.36. The summed E-state index contributed by atoms with van der Waals surface area (Å²) in [6.45, 7) is 12.3. The van der Waals surface area contributed by atoms with Gasteiger partial charge in [-0.15, -0.1) is 0 Å². The van der Waals surface area contributed by atoms with Crippen LogP contribution in [0.2, 0.25) is 0 Å². The second kappa shape index (κ2) is 21.6. The Labute approximate surface area is 243 Å². The van der Waals surface area contributed by atoms with Crippen LogP contribution in [0.25, 0.3) is 0 Å². The number of hydrogen-bond donors (Lipinski definition) is 0. The van der Waals surface area contributed by atoms with Crippen LogP contribution < -0.4 is 0 Å². The Bertz CT molecular complexity index is 711. The number of aromatic nitrogens is 2. The van der Waals surface area contributed by atoms with Crippen molar-refractivity contribution in [2.75, 3.05) is 19.6 Å².